The average Bonchev–Trinajstić information content (AvgIpc) is 2.62. The number of para-hydroxylation sites is 1. The van der Waals surface area contributed by atoms with Gasteiger partial charge in [0.25, 0.3) is 0 Å². The minimum absolute atomic E-state index is 0.158. The summed E-state index contributed by atoms with van der Waals surface area (Å²) in [7, 11) is 0. The molecule has 0 aliphatic heterocycles. The molecule has 0 spiro atoms. The Labute approximate surface area is 130 Å². The Hall–Kier alpha value is -2.58. The van der Waals surface area contributed by atoms with Crippen molar-refractivity contribution < 1.29 is 9.84 Å². The molecule has 0 heterocycles. The molecule has 0 aliphatic rings. The highest BCUT2D eigenvalue weighted by Crippen LogP contribution is 2.30. The van der Waals surface area contributed by atoms with Gasteiger partial charge in [0.2, 0.25) is 0 Å². The molecule has 2 nitrogen and oxygen atoms in total. The van der Waals surface area contributed by atoms with Crippen LogP contribution in [0, 0.1) is 0 Å². The third-order valence-corrected chi connectivity index (χ3v) is 3.69. The van der Waals surface area contributed by atoms with Crippen molar-refractivity contribution in [3.8, 4) is 5.75 Å². The van der Waals surface area contributed by atoms with Crippen molar-refractivity contribution in [1.82, 2.24) is 0 Å². The lowest BCUT2D eigenvalue weighted by atomic mass is 9.87. The zero-order chi connectivity index (χ0) is 15.3. The second kappa shape index (κ2) is 6.46. The van der Waals surface area contributed by atoms with E-state index in [0.29, 0.717) is 0 Å². The quantitative estimate of drug-likeness (QED) is 0.769. The molecule has 0 saturated heterocycles. The molecule has 0 radical (unpaired) electrons. The van der Waals surface area contributed by atoms with Crippen molar-refractivity contribution in [2.75, 3.05) is 6.61 Å². The molecule has 3 aromatic rings. The van der Waals surface area contributed by atoms with Crippen LogP contribution in [0.5, 0.6) is 5.75 Å². The predicted molar refractivity (Wildman–Crippen MR) is 87.8 cm³/mol. The van der Waals surface area contributed by atoms with Crippen LogP contribution < -0.4 is 4.74 Å². The SMILES string of the molecule is OC(COc1ccccc1)(c1ccccc1)c1ccccc1. The highest BCUT2D eigenvalue weighted by Gasteiger charge is 2.32. The second-order valence-corrected chi connectivity index (χ2v) is 5.19. The summed E-state index contributed by atoms with van der Waals surface area (Å²) in [5, 5.41) is 11.3. The van der Waals surface area contributed by atoms with Gasteiger partial charge < -0.3 is 9.84 Å². The summed E-state index contributed by atoms with van der Waals surface area (Å²) in [6.07, 6.45) is 0. The van der Waals surface area contributed by atoms with Crippen LogP contribution in [0.1, 0.15) is 11.1 Å². The van der Waals surface area contributed by atoms with E-state index < -0.39 is 5.60 Å². The molecule has 0 amide bonds. The largest absolute Gasteiger partial charge is 0.490 e. The van der Waals surface area contributed by atoms with Gasteiger partial charge in [-0.3, -0.25) is 0 Å². The van der Waals surface area contributed by atoms with Crippen LogP contribution in [-0.4, -0.2) is 11.7 Å². The van der Waals surface area contributed by atoms with E-state index >= 15 is 0 Å². The first-order valence-electron chi connectivity index (χ1n) is 7.30. The van der Waals surface area contributed by atoms with Crippen LogP contribution in [-0.2, 0) is 5.60 Å². The van der Waals surface area contributed by atoms with E-state index in [0.717, 1.165) is 16.9 Å². The number of benzene rings is 3. The van der Waals surface area contributed by atoms with E-state index in [1.165, 1.54) is 0 Å². The predicted octanol–water partition coefficient (Wildman–Crippen LogP) is 4.00. The molecule has 1 N–H and O–H groups in total. The van der Waals surface area contributed by atoms with Crippen LogP contribution in [0.4, 0.5) is 0 Å². The Bertz CT molecular complexity index is 654. The highest BCUT2D eigenvalue weighted by atomic mass is 16.5. The first-order chi connectivity index (χ1) is 10.8. The lowest BCUT2D eigenvalue weighted by Crippen LogP contribution is -2.34. The Balaban J connectivity index is 1.93. The summed E-state index contributed by atoms with van der Waals surface area (Å²) in [5.41, 5.74) is 0.451. The lowest BCUT2D eigenvalue weighted by molar-refractivity contribution is 0.0276. The highest BCUT2D eigenvalue weighted by molar-refractivity contribution is 5.36. The van der Waals surface area contributed by atoms with E-state index in [-0.39, 0.29) is 6.61 Å². The molecular weight excluding hydrogens is 272 g/mol. The van der Waals surface area contributed by atoms with Gasteiger partial charge in [0, 0.05) is 0 Å². The van der Waals surface area contributed by atoms with E-state index in [9.17, 15) is 5.11 Å². The maximum absolute atomic E-state index is 11.3. The first kappa shape index (κ1) is 14.4. The van der Waals surface area contributed by atoms with Gasteiger partial charge in [0.15, 0.2) is 0 Å². The second-order valence-electron chi connectivity index (χ2n) is 5.19. The molecule has 0 fully saturated rings. The van der Waals surface area contributed by atoms with Crippen LogP contribution in [0.25, 0.3) is 0 Å². The zero-order valence-corrected chi connectivity index (χ0v) is 12.2. The van der Waals surface area contributed by atoms with E-state index in [2.05, 4.69) is 0 Å². The number of hydrogen-bond donors (Lipinski definition) is 1. The molecule has 3 rings (SSSR count). The molecule has 0 saturated carbocycles. The van der Waals surface area contributed by atoms with Crippen molar-refractivity contribution in [2.45, 2.75) is 5.60 Å². The number of aliphatic hydroxyl groups is 1. The molecular formula is C20H18O2. The minimum Gasteiger partial charge on any atom is -0.490 e. The van der Waals surface area contributed by atoms with E-state index in [1.54, 1.807) is 0 Å². The molecule has 3 aromatic carbocycles. The van der Waals surface area contributed by atoms with Gasteiger partial charge in [-0.25, -0.2) is 0 Å². The summed E-state index contributed by atoms with van der Waals surface area (Å²) in [5.74, 6) is 0.743. The Morgan fingerprint density at radius 2 is 1.05 bits per heavy atom. The average molecular weight is 290 g/mol. The molecule has 22 heavy (non-hydrogen) atoms. The Kier molecular flexibility index (Phi) is 4.22. The Morgan fingerprint density at radius 1 is 0.636 bits per heavy atom. The maximum atomic E-state index is 11.3. The standard InChI is InChI=1S/C20H18O2/c21-20(17-10-4-1-5-11-17,18-12-6-2-7-13-18)16-22-19-14-8-3-9-15-19/h1-15,21H,16H2. The molecule has 2 heteroatoms. The fraction of sp³-hybridized carbons (Fsp3) is 0.100. The van der Waals surface area contributed by atoms with Gasteiger partial charge in [-0.1, -0.05) is 78.9 Å². The smallest absolute Gasteiger partial charge is 0.148 e. The van der Waals surface area contributed by atoms with Crippen molar-refractivity contribution in [2.24, 2.45) is 0 Å². The number of hydrogen-bond acceptors (Lipinski definition) is 2. The third-order valence-electron chi connectivity index (χ3n) is 3.69. The summed E-state index contributed by atoms with van der Waals surface area (Å²) >= 11 is 0. The monoisotopic (exact) mass is 290 g/mol. The first-order valence-corrected chi connectivity index (χ1v) is 7.30. The van der Waals surface area contributed by atoms with Crippen LogP contribution >= 0.6 is 0 Å². The molecule has 0 bridgehead atoms. The summed E-state index contributed by atoms with van der Waals surface area (Å²) in [4.78, 5) is 0. The fourth-order valence-corrected chi connectivity index (χ4v) is 2.47. The van der Waals surface area contributed by atoms with Gasteiger partial charge in [-0.2, -0.15) is 0 Å². The summed E-state index contributed by atoms with van der Waals surface area (Å²) in [6.45, 7) is 0.158. The molecule has 0 aromatic heterocycles. The zero-order valence-electron chi connectivity index (χ0n) is 12.2. The third kappa shape index (κ3) is 3.02. The topological polar surface area (TPSA) is 29.5 Å². The van der Waals surface area contributed by atoms with Crippen molar-refractivity contribution in [3.05, 3.63) is 102 Å². The van der Waals surface area contributed by atoms with Gasteiger partial charge >= 0.3 is 0 Å². The number of ether oxygens (including phenoxy) is 1. The minimum atomic E-state index is -1.18. The van der Waals surface area contributed by atoms with E-state index in [1.807, 2.05) is 91.0 Å². The van der Waals surface area contributed by atoms with Crippen LogP contribution in [0.15, 0.2) is 91.0 Å². The van der Waals surface area contributed by atoms with Gasteiger partial charge in [0.05, 0.1) is 0 Å². The lowest BCUT2D eigenvalue weighted by Gasteiger charge is -2.29. The summed E-state index contributed by atoms with van der Waals surface area (Å²) < 4.78 is 5.83. The Morgan fingerprint density at radius 3 is 1.50 bits per heavy atom. The molecule has 0 atom stereocenters. The van der Waals surface area contributed by atoms with Gasteiger partial charge in [-0.15, -0.1) is 0 Å². The maximum Gasteiger partial charge on any atom is 0.148 e. The number of rotatable bonds is 5. The molecule has 110 valence electrons. The van der Waals surface area contributed by atoms with Crippen LogP contribution in [0.2, 0.25) is 0 Å². The van der Waals surface area contributed by atoms with Gasteiger partial charge in [-0.05, 0) is 23.3 Å². The van der Waals surface area contributed by atoms with Crippen molar-refractivity contribution in [3.63, 3.8) is 0 Å². The van der Waals surface area contributed by atoms with Gasteiger partial charge in [0.1, 0.15) is 18.0 Å². The summed E-state index contributed by atoms with van der Waals surface area (Å²) in [6, 6.07) is 28.8. The normalized spacial score (nSPS) is 11.1. The van der Waals surface area contributed by atoms with E-state index in [4.69, 9.17) is 4.74 Å². The molecule has 0 aliphatic carbocycles. The molecule has 0 unspecified atom stereocenters. The van der Waals surface area contributed by atoms with Crippen LogP contribution in [0.3, 0.4) is 0 Å². The van der Waals surface area contributed by atoms with Crippen molar-refractivity contribution in [1.29, 1.82) is 0 Å². The van der Waals surface area contributed by atoms with Crippen molar-refractivity contribution >= 4 is 0 Å². The fourth-order valence-electron chi connectivity index (χ4n) is 2.47.